The Morgan fingerprint density at radius 2 is 1.76 bits per heavy atom. The van der Waals surface area contributed by atoms with E-state index in [9.17, 15) is 4.79 Å². The van der Waals surface area contributed by atoms with Gasteiger partial charge in [-0.3, -0.25) is 4.79 Å². The SMILES string of the molecule is CNCCCCNc1c(C(C)(C)C)c(=S)c1=O. The maximum Gasteiger partial charge on any atom is 0.220 e. The third-order valence-corrected chi connectivity index (χ3v) is 3.21. The highest BCUT2D eigenvalue weighted by Gasteiger charge is 2.27. The molecule has 4 heteroatoms. The molecule has 0 heterocycles. The fourth-order valence-electron chi connectivity index (χ4n) is 1.92. The summed E-state index contributed by atoms with van der Waals surface area (Å²) in [7, 11) is 1.95. The Kier molecular flexibility index (Phi) is 4.83. The topological polar surface area (TPSA) is 41.1 Å². The van der Waals surface area contributed by atoms with Crippen molar-refractivity contribution in [2.75, 3.05) is 25.5 Å². The Morgan fingerprint density at radius 3 is 2.29 bits per heavy atom. The molecule has 0 saturated carbocycles. The molecule has 0 unspecified atom stereocenters. The Balaban J connectivity index is 2.58. The standard InChI is InChI=1S/C13H22N2OS/c1-13(2,3)9-10(11(16)12(9)17)15-8-6-5-7-14-4/h14-15H,5-8H2,1-4H3. The molecule has 0 atom stereocenters. The lowest BCUT2D eigenvalue weighted by atomic mass is 9.83. The van der Waals surface area contributed by atoms with Crippen LogP contribution in [0.4, 0.5) is 5.69 Å². The van der Waals surface area contributed by atoms with Crippen molar-refractivity contribution in [3.63, 3.8) is 0 Å². The van der Waals surface area contributed by atoms with Gasteiger partial charge >= 0.3 is 0 Å². The number of unbranched alkanes of at least 4 members (excludes halogenated alkanes) is 1. The van der Waals surface area contributed by atoms with Crippen molar-refractivity contribution < 1.29 is 0 Å². The monoisotopic (exact) mass is 254 g/mol. The molecular weight excluding hydrogens is 232 g/mol. The molecule has 1 rings (SSSR count). The number of anilines is 1. The Labute approximate surface area is 108 Å². The second kappa shape index (κ2) is 5.74. The summed E-state index contributed by atoms with van der Waals surface area (Å²) in [6, 6.07) is 0. The van der Waals surface area contributed by atoms with E-state index in [1.165, 1.54) is 0 Å². The molecule has 3 nitrogen and oxygen atoms in total. The van der Waals surface area contributed by atoms with Crippen LogP contribution in [-0.4, -0.2) is 20.1 Å². The molecule has 1 aromatic carbocycles. The molecule has 0 radical (unpaired) electrons. The average molecular weight is 254 g/mol. The van der Waals surface area contributed by atoms with Gasteiger partial charge in [0.15, 0.2) is 0 Å². The Morgan fingerprint density at radius 1 is 1.18 bits per heavy atom. The highest BCUT2D eigenvalue weighted by Crippen LogP contribution is 2.30. The lowest BCUT2D eigenvalue weighted by Gasteiger charge is -2.25. The molecule has 0 aliphatic carbocycles. The van der Waals surface area contributed by atoms with E-state index in [4.69, 9.17) is 12.2 Å². The molecule has 17 heavy (non-hydrogen) atoms. The number of hydrogen-bond acceptors (Lipinski definition) is 4. The largest absolute Gasteiger partial charge is 0.382 e. The molecule has 0 bridgehead atoms. The van der Waals surface area contributed by atoms with Crippen molar-refractivity contribution in [2.24, 2.45) is 0 Å². The summed E-state index contributed by atoms with van der Waals surface area (Å²) in [6.07, 6.45) is 2.17. The Hall–Kier alpha value is -0.740. The van der Waals surface area contributed by atoms with Gasteiger partial charge in [-0.25, -0.2) is 0 Å². The summed E-state index contributed by atoms with van der Waals surface area (Å²) in [5, 5.41) is 6.33. The van der Waals surface area contributed by atoms with E-state index in [1.807, 2.05) is 7.05 Å². The van der Waals surface area contributed by atoms with Crippen LogP contribution in [-0.2, 0) is 5.41 Å². The van der Waals surface area contributed by atoms with E-state index in [1.54, 1.807) is 0 Å². The third kappa shape index (κ3) is 3.36. The first kappa shape index (κ1) is 14.3. The normalized spacial score (nSPS) is 12.0. The van der Waals surface area contributed by atoms with Gasteiger partial charge in [0.25, 0.3) is 0 Å². The summed E-state index contributed by atoms with van der Waals surface area (Å²) in [5.41, 5.74) is 1.73. The van der Waals surface area contributed by atoms with Crippen LogP contribution >= 0.6 is 12.2 Å². The molecule has 0 aliphatic heterocycles. The fourth-order valence-corrected chi connectivity index (χ4v) is 2.43. The molecular formula is C13H22N2OS. The highest BCUT2D eigenvalue weighted by molar-refractivity contribution is 7.71. The van der Waals surface area contributed by atoms with Gasteiger partial charge in [0, 0.05) is 12.1 Å². The van der Waals surface area contributed by atoms with Gasteiger partial charge in [-0.15, -0.1) is 0 Å². The molecule has 0 amide bonds. The van der Waals surface area contributed by atoms with Crippen molar-refractivity contribution in [3.8, 4) is 0 Å². The van der Waals surface area contributed by atoms with Gasteiger partial charge in [0.1, 0.15) is 0 Å². The minimum Gasteiger partial charge on any atom is -0.382 e. The molecule has 0 spiro atoms. The van der Waals surface area contributed by atoms with Crippen molar-refractivity contribution in [1.82, 2.24) is 5.32 Å². The van der Waals surface area contributed by atoms with Crippen molar-refractivity contribution in [1.29, 1.82) is 0 Å². The first-order valence-corrected chi connectivity index (χ1v) is 6.52. The van der Waals surface area contributed by atoms with Crippen LogP contribution in [0.15, 0.2) is 4.79 Å². The quantitative estimate of drug-likeness (QED) is 0.604. The predicted octanol–water partition coefficient (Wildman–Crippen LogP) is 2.36. The maximum absolute atomic E-state index is 11.7. The molecule has 0 aromatic heterocycles. The van der Waals surface area contributed by atoms with Crippen molar-refractivity contribution >= 4 is 17.9 Å². The first-order chi connectivity index (χ1) is 7.89. The zero-order valence-electron chi connectivity index (χ0n) is 11.1. The first-order valence-electron chi connectivity index (χ1n) is 6.12. The number of hydrogen-bond donors (Lipinski definition) is 2. The van der Waals surface area contributed by atoms with Gasteiger partial charge in [0.05, 0.1) is 10.2 Å². The highest BCUT2D eigenvalue weighted by atomic mass is 32.1. The summed E-state index contributed by atoms with van der Waals surface area (Å²) in [4.78, 5) is 11.7. The van der Waals surface area contributed by atoms with Gasteiger partial charge in [-0.1, -0.05) is 33.0 Å². The number of nitrogens with one attached hydrogen (secondary N) is 2. The smallest absolute Gasteiger partial charge is 0.220 e. The number of rotatable bonds is 6. The third-order valence-electron chi connectivity index (χ3n) is 2.82. The van der Waals surface area contributed by atoms with Crippen LogP contribution in [0.25, 0.3) is 0 Å². The summed E-state index contributed by atoms with van der Waals surface area (Å²) in [6.45, 7) is 8.11. The molecule has 0 fully saturated rings. The molecule has 0 aliphatic rings. The van der Waals surface area contributed by atoms with E-state index < -0.39 is 0 Å². The molecule has 2 N–H and O–H groups in total. The van der Waals surface area contributed by atoms with Crippen LogP contribution in [0, 0.1) is 4.51 Å². The van der Waals surface area contributed by atoms with Crippen LogP contribution in [0.3, 0.4) is 0 Å². The summed E-state index contributed by atoms with van der Waals surface area (Å²) in [5.74, 6) is 0. The summed E-state index contributed by atoms with van der Waals surface area (Å²) >= 11 is 5.12. The minimum atomic E-state index is -0.0434. The molecule has 1 aromatic rings. The van der Waals surface area contributed by atoms with Gasteiger partial charge in [0.2, 0.25) is 5.43 Å². The molecule has 0 saturated heterocycles. The van der Waals surface area contributed by atoms with E-state index in [0.29, 0.717) is 4.51 Å². The fraction of sp³-hybridized carbons (Fsp3) is 0.692. The lowest BCUT2D eigenvalue weighted by molar-refractivity contribution is 0.583. The zero-order valence-corrected chi connectivity index (χ0v) is 12.0. The van der Waals surface area contributed by atoms with E-state index in [0.717, 1.165) is 37.2 Å². The predicted molar refractivity (Wildman–Crippen MR) is 76.3 cm³/mol. The van der Waals surface area contributed by atoms with Crippen LogP contribution < -0.4 is 16.1 Å². The molecule has 96 valence electrons. The second-order valence-electron chi connectivity index (χ2n) is 5.40. The van der Waals surface area contributed by atoms with Crippen molar-refractivity contribution in [3.05, 3.63) is 20.3 Å². The van der Waals surface area contributed by atoms with Gasteiger partial charge in [-0.2, -0.15) is 0 Å². The van der Waals surface area contributed by atoms with E-state index in [-0.39, 0.29) is 10.8 Å². The van der Waals surface area contributed by atoms with Crippen LogP contribution in [0.2, 0.25) is 0 Å². The lowest BCUT2D eigenvalue weighted by Crippen LogP contribution is -2.29. The van der Waals surface area contributed by atoms with Crippen LogP contribution in [0.5, 0.6) is 0 Å². The average Bonchev–Trinajstić information content (AvgIpc) is 2.24. The van der Waals surface area contributed by atoms with Gasteiger partial charge in [-0.05, 0) is 31.8 Å². The minimum absolute atomic E-state index is 0.0125. The zero-order chi connectivity index (χ0) is 13.1. The Bertz CT molecular complexity index is 439. The second-order valence-corrected chi connectivity index (χ2v) is 5.80. The van der Waals surface area contributed by atoms with Gasteiger partial charge < -0.3 is 10.6 Å². The maximum atomic E-state index is 11.7. The van der Waals surface area contributed by atoms with E-state index in [2.05, 4.69) is 31.4 Å². The van der Waals surface area contributed by atoms with Crippen molar-refractivity contribution in [2.45, 2.75) is 39.0 Å². The van der Waals surface area contributed by atoms with Crippen LogP contribution in [0.1, 0.15) is 39.2 Å². The van der Waals surface area contributed by atoms with E-state index >= 15 is 0 Å². The summed E-state index contributed by atoms with van der Waals surface area (Å²) < 4.78 is 0.509.